The summed E-state index contributed by atoms with van der Waals surface area (Å²) >= 11 is 5.57. The lowest BCUT2D eigenvalue weighted by atomic mass is 9.97. The highest BCUT2D eigenvalue weighted by molar-refractivity contribution is 6.30. The van der Waals surface area contributed by atoms with E-state index in [9.17, 15) is 8.78 Å². The van der Waals surface area contributed by atoms with Crippen molar-refractivity contribution in [3.05, 3.63) is 64.2 Å². The molecule has 0 saturated carbocycles. The number of ether oxygens (including phenoxy) is 1. The number of nitrogens with two attached hydrogens (primary N) is 1. The molecule has 2 aromatic rings. The zero-order chi connectivity index (χ0) is 15.4. The SMILES string of the molecule is CCOc1ccccc1C(NN)c1cc(F)c(Cl)cc1F. The summed E-state index contributed by atoms with van der Waals surface area (Å²) in [7, 11) is 0. The van der Waals surface area contributed by atoms with Gasteiger partial charge in [0.2, 0.25) is 0 Å². The molecule has 1 unspecified atom stereocenters. The van der Waals surface area contributed by atoms with Gasteiger partial charge in [0.15, 0.2) is 0 Å². The van der Waals surface area contributed by atoms with Crippen molar-refractivity contribution in [3.63, 3.8) is 0 Å². The topological polar surface area (TPSA) is 47.3 Å². The predicted molar refractivity (Wildman–Crippen MR) is 78.1 cm³/mol. The fourth-order valence-electron chi connectivity index (χ4n) is 2.11. The van der Waals surface area contributed by atoms with Gasteiger partial charge in [-0.05, 0) is 25.1 Å². The average molecular weight is 313 g/mol. The summed E-state index contributed by atoms with van der Waals surface area (Å²) in [4.78, 5) is 0. The first-order chi connectivity index (χ1) is 10.1. The van der Waals surface area contributed by atoms with Gasteiger partial charge in [-0.25, -0.2) is 14.2 Å². The third-order valence-electron chi connectivity index (χ3n) is 3.05. The van der Waals surface area contributed by atoms with Gasteiger partial charge in [-0.3, -0.25) is 5.84 Å². The van der Waals surface area contributed by atoms with Crippen molar-refractivity contribution in [2.24, 2.45) is 5.84 Å². The molecular formula is C15H15ClF2N2O. The predicted octanol–water partition coefficient (Wildman–Crippen LogP) is 3.57. The Morgan fingerprint density at radius 3 is 2.57 bits per heavy atom. The third-order valence-corrected chi connectivity index (χ3v) is 3.34. The molecule has 2 rings (SSSR count). The number of benzene rings is 2. The fourth-order valence-corrected chi connectivity index (χ4v) is 2.26. The van der Waals surface area contributed by atoms with E-state index in [0.717, 1.165) is 12.1 Å². The smallest absolute Gasteiger partial charge is 0.142 e. The van der Waals surface area contributed by atoms with E-state index in [2.05, 4.69) is 5.43 Å². The van der Waals surface area contributed by atoms with E-state index < -0.39 is 17.7 Å². The van der Waals surface area contributed by atoms with Gasteiger partial charge in [-0.1, -0.05) is 29.8 Å². The second kappa shape index (κ2) is 6.85. The van der Waals surface area contributed by atoms with E-state index >= 15 is 0 Å². The summed E-state index contributed by atoms with van der Waals surface area (Å²) in [5.41, 5.74) is 3.17. The van der Waals surface area contributed by atoms with E-state index in [1.54, 1.807) is 24.3 Å². The second-order valence-electron chi connectivity index (χ2n) is 4.36. The highest BCUT2D eigenvalue weighted by Crippen LogP contribution is 2.32. The Morgan fingerprint density at radius 2 is 1.90 bits per heavy atom. The minimum Gasteiger partial charge on any atom is -0.494 e. The maximum absolute atomic E-state index is 14.1. The first-order valence-corrected chi connectivity index (χ1v) is 6.78. The molecule has 3 nitrogen and oxygen atoms in total. The number of nitrogens with one attached hydrogen (secondary N) is 1. The molecule has 0 heterocycles. The van der Waals surface area contributed by atoms with Crippen LogP contribution in [0.25, 0.3) is 0 Å². The van der Waals surface area contributed by atoms with E-state index in [1.807, 2.05) is 6.92 Å². The maximum atomic E-state index is 14.1. The van der Waals surface area contributed by atoms with E-state index in [0.29, 0.717) is 17.9 Å². The van der Waals surface area contributed by atoms with Crippen molar-refractivity contribution in [1.29, 1.82) is 0 Å². The molecule has 112 valence electrons. The summed E-state index contributed by atoms with van der Waals surface area (Å²) in [6.07, 6.45) is 0. The zero-order valence-electron chi connectivity index (χ0n) is 11.4. The normalized spacial score (nSPS) is 12.2. The van der Waals surface area contributed by atoms with Crippen molar-refractivity contribution in [2.75, 3.05) is 6.61 Å². The van der Waals surface area contributed by atoms with Gasteiger partial charge in [0.1, 0.15) is 17.4 Å². The number of hydrogen-bond acceptors (Lipinski definition) is 3. The van der Waals surface area contributed by atoms with Crippen LogP contribution in [0.3, 0.4) is 0 Å². The molecule has 0 bridgehead atoms. The Labute approximate surface area is 126 Å². The van der Waals surface area contributed by atoms with Gasteiger partial charge in [0.25, 0.3) is 0 Å². The molecule has 0 saturated heterocycles. The number of halogens is 3. The largest absolute Gasteiger partial charge is 0.494 e. The van der Waals surface area contributed by atoms with Crippen LogP contribution >= 0.6 is 11.6 Å². The molecule has 2 aromatic carbocycles. The summed E-state index contributed by atoms with van der Waals surface area (Å²) in [5.74, 6) is 4.74. The van der Waals surface area contributed by atoms with Gasteiger partial charge < -0.3 is 4.74 Å². The van der Waals surface area contributed by atoms with Gasteiger partial charge in [0.05, 0.1) is 17.7 Å². The van der Waals surface area contributed by atoms with Crippen molar-refractivity contribution in [2.45, 2.75) is 13.0 Å². The van der Waals surface area contributed by atoms with E-state index in [1.165, 1.54) is 0 Å². The van der Waals surface area contributed by atoms with Crippen LogP contribution in [0.4, 0.5) is 8.78 Å². The van der Waals surface area contributed by atoms with Crippen LogP contribution in [0, 0.1) is 11.6 Å². The zero-order valence-corrected chi connectivity index (χ0v) is 12.1. The average Bonchev–Trinajstić information content (AvgIpc) is 2.47. The first kappa shape index (κ1) is 15.7. The number of hydrogen-bond donors (Lipinski definition) is 2. The number of hydrazine groups is 1. The third kappa shape index (κ3) is 3.32. The Morgan fingerprint density at radius 1 is 1.19 bits per heavy atom. The Balaban J connectivity index is 2.52. The van der Waals surface area contributed by atoms with Crippen molar-refractivity contribution in [3.8, 4) is 5.75 Å². The molecule has 1 atom stereocenters. The maximum Gasteiger partial charge on any atom is 0.142 e. The minimum atomic E-state index is -0.750. The molecule has 6 heteroatoms. The quantitative estimate of drug-likeness (QED) is 0.504. The van der Waals surface area contributed by atoms with Crippen LogP contribution in [-0.2, 0) is 0 Å². The number of rotatable bonds is 5. The lowest BCUT2D eigenvalue weighted by Gasteiger charge is -2.20. The van der Waals surface area contributed by atoms with Gasteiger partial charge in [-0.15, -0.1) is 0 Å². The van der Waals surface area contributed by atoms with Crippen molar-refractivity contribution in [1.82, 2.24) is 5.43 Å². The monoisotopic (exact) mass is 312 g/mol. The molecule has 21 heavy (non-hydrogen) atoms. The van der Waals surface area contributed by atoms with Crippen molar-refractivity contribution < 1.29 is 13.5 Å². The number of para-hydroxylation sites is 1. The first-order valence-electron chi connectivity index (χ1n) is 6.40. The Hall–Kier alpha value is -1.69. The lowest BCUT2D eigenvalue weighted by Crippen LogP contribution is -2.30. The molecule has 0 aliphatic rings. The van der Waals surface area contributed by atoms with E-state index in [4.69, 9.17) is 22.2 Å². The van der Waals surface area contributed by atoms with Gasteiger partial charge in [0, 0.05) is 11.1 Å². The Bertz CT molecular complexity index is 637. The Kier molecular flexibility index (Phi) is 5.12. The van der Waals surface area contributed by atoms with Crippen LogP contribution in [0.2, 0.25) is 5.02 Å². The molecule has 0 spiro atoms. The fraction of sp³-hybridized carbons (Fsp3) is 0.200. The van der Waals surface area contributed by atoms with Crippen LogP contribution in [0.15, 0.2) is 36.4 Å². The van der Waals surface area contributed by atoms with Crippen LogP contribution in [-0.4, -0.2) is 6.61 Å². The van der Waals surface area contributed by atoms with Gasteiger partial charge in [-0.2, -0.15) is 0 Å². The highest BCUT2D eigenvalue weighted by atomic mass is 35.5. The van der Waals surface area contributed by atoms with Crippen molar-refractivity contribution >= 4 is 11.6 Å². The van der Waals surface area contributed by atoms with E-state index in [-0.39, 0.29) is 10.6 Å². The molecule has 0 fully saturated rings. The van der Waals surface area contributed by atoms with Crippen LogP contribution < -0.4 is 16.0 Å². The molecule has 0 aliphatic heterocycles. The standard InChI is InChI=1S/C15H15ClF2N2O/c1-2-21-14-6-4-3-5-9(14)15(20-19)10-7-13(18)11(16)8-12(10)17/h3-8,15,20H,2,19H2,1H3. The highest BCUT2D eigenvalue weighted by Gasteiger charge is 2.22. The molecule has 0 aromatic heterocycles. The molecule has 0 radical (unpaired) electrons. The summed E-state index contributed by atoms with van der Waals surface area (Å²) in [6, 6.07) is 8.26. The molecular weight excluding hydrogens is 298 g/mol. The van der Waals surface area contributed by atoms with Crippen LogP contribution in [0.5, 0.6) is 5.75 Å². The lowest BCUT2D eigenvalue weighted by molar-refractivity contribution is 0.333. The van der Waals surface area contributed by atoms with Gasteiger partial charge >= 0.3 is 0 Å². The molecule has 3 N–H and O–H groups in total. The van der Waals surface area contributed by atoms with Crippen LogP contribution in [0.1, 0.15) is 24.1 Å². The minimum absolute atomic E-state index is 0.0616. The molecule has 0 aliphatic carbocycles. The summed E-state index contributed by atoms with van der Waals surface area (Å²) in [6.45, 7) is 2.29. The molecule has 0 amide bonds. The summed E-state index contributed by atoms with van der Waals surface area (Å²) in [5, 5.41) is -0.273. The summed E-state index contributed by atoms with van der Waals surface area (Å²) < 4.78 is 33.2. The second-order valence-corrected chi connectivity index (χ2v) is 4.77.